The third-order valence-corrected chi connectivity index (χ3v) is 1.39. The largest absolute Gasteiger partial charge is 0.352 e. The summed E-state index contributed by atoms with van der Waals surface area (Å²) >= 11 is 0. The summed E-state index contributed by atoms with van der Waals surface area (Å²) in [5.41, 5.74) is -0.936. The Morgan fingerprint density at radius 3 is 2.40 bits per heavy atom. The average molecular weight is 148 g/mol. The molecule has 1 saturated heterocycles. The lowest BCUT2D eigenvalue weighted by Gasteiger charge is -2.12. The standard InChI is InChI=1S/C5H8O5/c1-5(2,3(6)8-7)4-9-10-4/h4,7H,1-2H3. The molecule has 0 aromatic carbocycles. The van der Waals surface area contributed by atoms with E-state index < -0.39 is 17.7 Å². The Morgan fingerprint density at radius 2 is 2.10 bits per heavy atom. The number of carbonyl (C=O) groups excluding carboxylic acids is 1. The second kappa shape index (κ2) is 2.19. The van der Waals surface area contributed by atoms with Crippen LogP contribution >= 0.6 is 0 Å². The van der Waals surface area contributed by atoms with Gasteiger partial charge in [0.2, 0.25) is 6.29 Å². The Kier molecular flexibility index (Phi) is 1.63. The minimum atomic E-state index is -0.936. The molecule has 0 unspecified atom stereocenters. The Hall–Kier alpha value is -0.650. The number of carbonyl (C=O) groups is 1. The summed E-state index contributed by atoms with van der Waals surface area (Å²) in [5, 5.41) is 7.99. The lowest BCUT2D eigenvalue weighted by molar-refractivity contribution is -0.245. The van der Waals surface area contributed by atoms with Gasteiger partial charge in [0.1, 0.15) is 5.41 Å². The van der Waals surface area contributed by atoms with Gasteiger partial charge in [0.15, 0.2) is 0 Å². The minimum absolute atomic E-state index is 0.591. The predicted octanol–water partition coefficient (Wildman–Crippen LogP) is 0.317. The zero-order valence-electron chi connectivity index (χ0n) is 5.66. The van der Waals surface area contributed by atoms with Crippen LogP contribution in [0.2, 0.25) is 0 Å². The van der Waals surface area contributed by atoms with Gasteiger partial charge in [0.25, 0.3) is 0 Å². The van der Waals surface area contributed by atoms with Crippen LogP contribution in [0.1, 0.15) is 13.8 Å². The molecular formula is C5H8O5. The number of rotatable bonds is 2. The van der Waals surface area contributed by atoms with Crippen LogP contribution < -0.4 is 0 Å². The van der Waals surface area contributed by atoms with Crippen molar-refractivity contribution >= 4 is 5.97 Å². The predicted molar refractivity (Wildman–Crippen MR) is 28.5 cm³/mol. The number of hydrogen-bond donors (Lipinski definition) is 1. The van der Waals surface area contributed by atoms with Crippen molar-refractivity contribution in [3.05, 3.63) is 0 Å². The van der Waals surface area contributed by atoms with Crippen molar-refractivity contribution in [2.75, 3.05) is 0 Å². The van der Waals surface area contributed by atoms with E-state index >= 15 is 0 Å². The smallest absolute Gasteiger partial charge is 0.300 e. The molecule has 0 amide bonds. The molecule has 0 aliphatic carbocycles. The Bertz CT molecular complexity index is 148. The first kappa shape index (κ1) is 7.46. The molecule has 1 aliphatic heterocycles. The van der Waals surface area contributed by atoms with E-state index in [2.05, 4.69) is 14.7 Å². The molecule has 5 nitrogen and oxygen atoms in total. The highest BCUT2D eigenvalue weighted by Crippen LogP contribution is 2.34. The van der Waals surface area contributed by atoms with E-state index in [4.69, 9.17) is 5.26 Å². The maximum atomic E-state index is 10.7. The zero-order chi connectivity index (χ0) is 7.78. The van der Waals surface area contributed by atoms with Gasteiger partial charge in [-0.05, 0) is 13.8 Å². The van der Waals surface area contributed by atoms with Crippen molar-refractivity contribution in [1.29, 1.82) is 0 Å². The first-order valence-corrected chi connectivity index (χ1v) is 2.77. The SMILES string of the molecule is CC(C)(C(=O)OO)C1OO1. The summed E-state index contributed by atoms with van der Waals surface area (Å²) in [6.07, 6.45) is -0.591. The fraction of sp³-hybridized carbons (Fsp3) is 0.800. The molecule has 1 N–H and O–H groups in total. The monoisotopic (exact) mass is 148 g/mol. The summed E-state index contributed by atoms with van der Waals surface area (Å²) in [4.78, 5) is 23.0. The van der Waals surface area contributed by atoms with Crippen molar-refractivity contribution < 1.29 is 24.7 Å². The van der Waals surface area contributed by atoms with Crippen molar-refractivity contribution in [1.82, 2.24) is 0 Å². The summed E-state index contributed by atoms with van der Waals surface area (Å²) in [7, 11) is 0. The van der Waals surface area contributed by atoms with E-state index in [0.717, 1.165) is 0 Å². The summed E-state index contributed by atoms with van der Waals surface area (Å²) in [5.74, 6) is -0.769. The summed E-state index contributed by atoms with van der Waals surface area (Å²) in [6.45, 7) is 3.09. The van der Waals surface area contributed by atoms with Gasteiger partial charge in [-0.1, -0.05) is 0 Å². The zero-order valence-corrected chi connectivity index (χ0v) is 5.66. The van der Waals surface area contributed by atoms with Crippen molar-refractivity contribution in [2.45, 2.75) is 20.1 Å². The highest BCUT2D eigenvalue weighted by Gasteiger charge is 2.50. The maximum Gasteiger partial charge on any atom is 0.352 e. The highest BCUT2D eigenvalue weighted by atomic mass is 17.4. The molecule has 0 spiro atoms. The lowest BCUT2D eigenvalue weighted by Crippen LogP contribution is -2.31. The molecule has 0 atom stereocenters. The lowest BCUT2D eigenvalue weighted by atomic mass is 9.94. The second-order valence-electron chi connectivity index (χ2n) is 2.62. The van der Waals surface area contributed by atoms with Crippen LogP contribution in [-0.2, 0) is 19.5 Å². The molecule has 10 heavy (non-hydrogen) atoms. The Balaban J connectivity index is 2.56. The summed E-state index contributed by atoms with van der Waals surface area (Å²) in [6, 6.07) is 0. The molecule has 1 rings (SSSR count). The molecule has 58 valence electrons. The molecular weight excluding hydrogens is 140 g/mol. The first-order chi connectivity index (χ1) is 4.59. The van der Waals surface area contributed by atoms with Crippen LogP contribution in [0.3, 0.4) is 0 Å². The molecule has 0 aromatic heterocycles. The third-order valence-electron chi connectivity index (χ3n) is 1.39. The second-order valence-corrected chi connectivity index (χ2v) is 2.62. The Labute approximate surface area is 57.3 Å². The molecule has 1 fully saturated rings. The first-order valence-electron chi connectivity index (χ1n) is 2.77. The van der Waals surface area contributed by atoms with E-state index in [-0.39, 0.29) is 0 Å². The van der Waals surface area contributed by atoms with Crippen LogP contribution in [-0.4, -0.2) is 17.5 Å². The van der Waals surface area contributed by atoms with Gasteiger partial charge in [0, 0.05) is 0 Å². The summed E-state index contributed by atoms with van der Waals surface area (Å²) < 4.78 is 0. The van der Waals surface area contributed by atoms with E-state index in [1.165, 1.54) is 0 Å². The Morgan fingerprint density at radius 1 is 1.60 bits per heavy atom. The van der Waals surface area contributed by atoms with E-state index in [1.54, 1.807) is 13.8 Å². The van der Waals surface area contributed by atoms with Gasteiger partial charge < -0.3 is 4.89 Å². The molecule has 5 heteroatoms. The van der Waals surface area contributed by atoms with Gasteiger partial charge in [0.05, 0.1) is 0 Å². The van der Waals surface area contributed by atoms with Crippen molar-refractivity contribution in [2.24, 2.45) is 5.41 Å². The van der Waals surface area contributed by atoms with E-state index in [1.807, 2.05) is 0 Å². The topological polar surface area (TPSA) is 71.6 Å². The normalized spacial score (nSPS) is 18.7. The van der Waals surface area contributed by atoms with Crippen LogP contribution in [0.15, 0.2) is 0 Å². The van der Waals surface area contributed by atoms with Gasteiger partial charge in [-0.15, -0.1) is 0 Å². The quantitative estimate of drug-likeness (QED) is 0.347. The molecule has 0 radical (unpaired) electrons. The van der Waals surface area contributed by atoms with Crippen molar-refractivity contribution in [3.8, 4) is 0 Å². The molecule has 1 heterocycles. The minimum Gasteiger partial charge on any atom is -0.300 e. The van der Waals surface area contributed by atoms with E-state index in [0.29, 0.717) is 0 Å². The molecule has 0 bridgehead atoms. The average Bonchev–Trinajstić information content (AvgIpc) is 2.66. The van der Waals surface area contributed by atoms with E-state index in [9.17, 15) is 4.79 Å². The third kappa shape index (κ3) is 1.11. The van der Waals surface area contributed by atoms with Gasteiger partial charge >= 0.3 is 5.97 Å². The maximum absolute atomic E-state index is 10.7. The number of hydrogen-bond acceptors (Lipinski definition) is 5. The highest BCUT2D eigenvalue weighted by molar-refractivity contribution is 5.75. The van der Waals surface area contributed by atoms with Gasteiger partial charge in [-0.25, -0.2) is 4.79 Å². The van der Waals surface area contributed by atoms with Crippen LogP contribution in [0.4, 0.5) is 0 Å². The van der Waals surface area contributed by atoms with Crippen molar-refractivity contribution in [3.63, 3.8) is 0 Å². The molecule has 0 saturated carbocycles. The molecule has 1 aliphatic rings. The van der Waals surface area contributed by atoms with Gasteiger partial charge in [-0.2, -0.15) is 15.0 Å². The fourth-order valence-electron chi connectivity index (χ4n) is 0.482. The van der Waals surface area contributed by atoms with Crippen LogP contribution in [0.5, 0.6) is 0 Å². The van der Waals surface area contributed by atoms with Crippen LogP contribution in [0, 0.1) is 5.41 Å². The van der Waals surface area contributed by atoms with Crippen LogP contribution in [0.25, 0.3) is 0 Å². The molecule has 0 aromatic rings. The van der Waals surface area contributed by atoms with Gasteiger partial charge in [-0.3, -0.25) is 0 Å². The fourth-order valence-corrected chi connectivity index (χ4v) is 0.482.